The van der Waals surface area contributed by atoms with Crippen LogP contribution in [0.5, 0.6) is 0 Å². The van der Waals surface area contributed by atoms with E-state index in [2.05, 4.69) is 22.6 Å². The molecule has 0 N–H and O–H groups in total. The van der Waals surface area contributed by atoms with Gasteiger partial charge in [0.1, 0.15) is 0 Å². The molecule has 0 aromatic carbocycles. The van der Waals surface area contributed by atoms with Crippen molar-refractivity contribution < 1.29 is 0 Å². The first-order valence-corrected chi connectivity index (χ1v) is 4.41. The zero-order chi connectivity index (χ0) is 5.98. The Labute approximate surface area is 64.4 Å². The van der Waals surface area contributed by atoms with E-state index < -0.39 is 0 Å². The van der Waals surface area contributed by atoms with Crippen molar-refractivity contribution in [1.29, 1.82) is 0 Å². The summed E-state index contributed by atoms with van der Waals surface area (Å²) in [6.07, 6.45) is 0. The van der Waals surface area contributed by atoms with Gasteiger partial charge in [0.15, 0.2) is 0 Å². The second-order valence-electron chi connectivity index (χ2n) is 1.24. The van der Waals surface area contributed by atoms with Crippen LogP contribution >= 0.6 is 34.1 Å². The summed E-state index contributed by atoms with van der Waals surface area (Å²) in [6.45, 7) is 0. The van der Waals surface area contributed by atoms with E-state index in [4.69, 9.17) is 0 Å². The van der Waals surface area contributed by atoms with Crippen molar-refractivity contribution in [3.05, 3.63) is 21.8 Å². The van der Waals surface area contributed by atoms with E-state index in [1.807, 2.05) is 0 Å². The van der Waals surface area contributed by atoms with Crippen LogP contribution in [0.3, 0.4) is 0 Å². The summed E-state index contributed by atoms with van der Waals surface area (Å²) in [5.74, 6) is 0. The van der Waals surface area contributed by atoms with E-state index in [0.29, 0.717) is 0 Å². The highest BCUT2D eigenvalue weighted by atomic mass is 127. The van der Waals surface area contributed by atoms with Crippen LogP contribution in [0.2, 0.25) is 0 Å². The molecule has 2 nitrogen and oxygen atoms in total. The molecule has 0 radical (unpaired) electrons. The second-order valence-corrected chi connectivity index (χ2v) is 2.85. The Morgan fingerprint density at radius 2 is 2.62 bits per heavy atom. The number of rotatable bonds is 1. The number of hydrogen-bond acceptors (Lipinski definition) is 2. The van der Waals surface area contributed by atoms with Gasteiger partial charge in [0.25, 0.3) is 5.56 Å². The Morgan fingerprint density at radius 1 is 1.88 bits per heavy atom. The Morgan fingerprint density at radius 3 is 2.88 bits per heavy atom. The number of aromatic nitrogens is 1. The molecule has 0 spiro atoms. The standard InChI is InChI=1S/C4H4INOS/c5-3-6-4(7)1-2-8-6/h1-2H,3H2. The first-order chi connectivity index (χ1) is 3.84. The van der Waals surface area contributed by atoms with Crippen molar-refractivity contribution in [3.8, 4) is 0 Å². The Kier molecular flexibility index (Phi) is 2.07. The summed E-state index contributed by atoms with van der Waals surface area (Å²) in [5, 5.41) is 1.79. The fraction of sp³-hybridized carbons (Fsp3) is 0.250. The van der Waals surface area contributed by atoms with Crippen LogP contribution in [-0.4, -0.2) is 3.96 Å². The van der Waals surface area contributed by atoms with Gasteiger partial charge < -0.3 is 0 Å². The lowest BCUT2D eigenvalue weighted by atomic mass is 10.7. The lowest BCUT2D eigenvalue weighted by molar-refractivity contribution is 0.981. The molecule has 1 rings (SSSR count). The quantitative estimate of drug-likeness (QED) is 0.536. The predicted octanol–water partition coefficient (Wildman–Crippen LogP) is 1.30. The molecule has 0 saturated heterocycles. The molecule has 0 saturated carbocycles. The summed E-state index contributed by atoms with van der Waals surface area (Å²) in [5.41, 5.74) is 0.101. The predicted molar refractivity (Wildman–Crippen MR) is 42.6 cm³/mol. The van der Waals surface area contributed by atoms with Crippen LogP contribution < -0.4 is 5.56 Å². The van der Waals surface area contributed by atoms with E-state index in [9.17, 15) is 4.79 Å². The molecule has 1 heterocycles. The largest absolute Gasteiger partial charge is 0.268 e. The van der Waals surface area contributed by atoms with E-state index in [1.54, 1.807) is 15.4 Å². The smallest absolute Gasteiger partial charge is 0.261 e. The second kappa shape index (κ2) is 2.63. The van der Waals surface area contributed by atoms with Gasteiger partial charge in [0.05, 0.1) is 4.55 Å². The van der Waals surface area contributed by atoms with Crippen LogP contribution in [0.4, 0.5) is 0 Å². The van der Waals surface area contributed by atoms with Gasteiger partial charge in [-0.2, -0.15) is 0 Å². The molecule has 0 amide bonds. The molecule has 0 aliphatic heterocycles. The van der Waals surface area contributed by atoms with Crippen molar-refractivity contribution in [1.82, 2.24) is 3.96 Å². The molecule has 8 heavy (non-hydrogen) atoms. The first-order valence-electron chi connectivity index (χ1n) is 2.05. The average molecular weight is 241 g/mol. The van der Waals surface area contributed by atoms with Gasteiger partial charge in [-0.25, -0.2) is 0 Å². The van der Waals surface area contributed by atoms with Crippen LogP contribution in [0, 0.1) is 0 Å². The van der Waals surface area contributed by atoms with Crippen molar-refractivity contribution >= 4 is 34.1 Å². The molecule has 1 aromatic rings. The normalized spacial score (nSPS) is 9.62. The van der Waals surface area contributed by atoms with Crippen molar-refractivity contribution in [2.24, 2.45) is 0 Å². The first kappa shape index (κ1) is 6.28. The monoisotopic (exact) mass is 241 g/mol. The molecule has 44 valence electrons. The highest BCUT2D eigenvalue weighted by molar-refractivity contribution is 14.1. The fourth-order valence-electron chi connectivity index (χ4n) is 0.384. The SMILES string of the molecule is O=c1ccsn1CI. The maximum absolute atomic E-state index is 10.6. The third-order valence-electron chi connectivity index (χ3n) is 0.753. The molecule has 4 heteroatoms. The van der Waals surface area contributed by atoms with E-state index >= 15 is 0 Å². The highest BCUT2D eigenvalue weighted by Gasteiger charge is 1.89. The summed E-state index contributed by atoms with van der Waals surface area (Å²) >= 11 is 3.60. The van der Waals surface area contributed by atoms with Crippen LogP contribution in [0.25, 0.3) is 0 Å². The van der Waals surface area contributed by atoms with Gasteiger partial charge in [-0.15, -0.1) is 0 Å². The Hall–Kier alpha value is 0.160. The molecule has 0 bridgehead atoms. The summed E-state index contributed by atoms with van der Waals surface area (Å²) in [4.78, 5) is 10.6. The van der Waals surface area contributed by atoms with Gasteiger partial charge in [0.2, 0.25) is 0 Å². The molecule has 0 atom stereocenters. The van der Waals surface area contributed by atoms with Crippen molar-refractivity contribution in [2.75, 3.05) is 0 Å². The van der Waals surface area contributed by atoms with Gasteiger partial charge in [-0.05, 0) is 0 Å². The number of halogens is 1. The topological polar surface area (TPSA) is 22.0 Å². The van der Waals surface area contributed by atoms with Crippen LogP contribution in [0.1, 0.15) is 0 Å². The van der Waals surface area contributed by atoms with Crippen molar-refractivity contribution in [2.45, 2.75) is 4.55 Å². The third kappa shape index (κ3) is 1.11. The number of hydrogen-bond donors (Lipinski definition) is 0. The van der Waals surface area contributed by atoms with E-state index in [1.165, 1.54) is 11.5 Å². The van der Waals surface area contributed by atoms with Crippen LogP contribution in [-0.2, 0) is 4.55 Å². The highest BCUT2D eigenvalue weighted by Crippen LogP contribution is 1.95. The molecule has 0 aliphatic rings. The molecular weight excluding hydrogens is 237 g/mol. The molecule has 0 aliphatic carbocycles. The van der Waals surface area contributed by atoms with Gasteiger partial charge >= 0.3 is 0 Å². The zero-order valence-corrected chi connectivity index (χ0v) is 6.98. The summed E-state index contributed by atoms with van der Waals surface area (Å²) in [7, 11) is 0. The molecular formula is C4H4INOS. The summed E-state index contributed by atoms with van der Waals surface area (Å²) in [6, 6.07) is 1.57. The van der Waals surface area contributed by atoms with Crippen LogP contribution in [0.15, 0.2) is 16.2 Å². The average Bonchev–Trinajstić information content (AvgIpc) is 2.14. The van der Waals surface area contributed by atoms with E-state index in [-0.39, 0.29) is 5.56 Å². The van der Waals surface area contributed by atoms with Gasteiger partial charge in [-0.3, -0.25) is 8.75 Å². The van der Waals surface area contributed by atoms with Gasteiger partial charge in [-0.1, -0.05) is 34.1 Å². The molecule has 1 aromatic heterocycles. The zero-order valence-electron chi connectivity index (χ0n) is 4.00. The number of nitrogens with zero attached hydrogens (tertiary/aromatic N) is 1. The third-order valence-corrected chi connectivity index (χ3v) is 2.72. The Balaban J connectivity index is 3.11. The fourth-order valence-corrected chi connectivity index (χ4v) is 1.75. The minimum atomic E-state index is 0.101. The maximum Gasteiger partial charge on any atom is 0.261 e. The Bertz CT molecular complexity index is 216. The lowest BCUT2D eigenvalue weighted by Gasteiger charge is -1.85. The minimum Gasteiger partial charge on any atom is -0.268 e. The minimum absolute atomic E-state index is 0.101. The summed E-state index contributed by atoms with van der Waals surface area (Å²) < 4.78 is 2.44. The number of alkyl halides is 1. The maximum atomic E-state index is 10.6. The van der Waals surface area contributed by atoms with Crippen molar-refractivity contribution in [3.63, 3.8) is 0 Å². The van der Waals surface area contributed by atoms with Gasteiger partial charge in [0, 0.05) is 11.4 Å². The molecule has 0 unspecified atom stereocenters. The van der Waals surface area contributed by atoms with E-state index in [0.717, 1.165) is 4.55 Å². The molecule has 0 fully saturated rings. The lowest BCUT2D eigenvalue weighted by Crippen LogP contribution is -2.07.